The van der Waals surface area contributed by atoms with Gasteiger partial charge in [-0.15, -0.1) is 0 Å². The zero-order valence-electron chi connectivity index (χ0n) is 14.8. The maximum atomic E-state index is 10.6. The Morgan fingerprint density at radius 1 is 1.12 bits per heavy atom. The first-order valence-electron chi connectivity index (χ1n) is 9.20. The molecule has 130 valence electrons. The summed E-state index contributed by atoms with van der Waals surface area (Å²) in [7, 11) is 0. The van der Waals surface area contributed by atoms with E-state index in [2.05, 4.69) is 6.08 Å². The van der Waals surface area contributed by atoms with Gasteiger partial charge in [-0.2, -0.15) is 0 Å². The topological polar surface area (TPSA) is 37.3 Å². The van der Waals surface area contributed by atoms with Crippen LogP contribution in [0.2, 0.25) is 0 Å². The second-order valence-electron chi connectivity index (χ2n) is 7.01. The van der Waals surface area contributed by atoms with Gasteiger partial charge >= 0.3 is 0 Å². The van der Waals surface area contributed by atoms with Crippen LogP contribution in [0, 0.1) is 5.92 Å². The Labute approximate surface area is 146 Å². The molecule has 1 N–H and O–H groups in total. The summed E-state index contributed by atoms with van der Waals surface area (Å²) in [5, 5.41) is 10.4. The Bertz CT molecular complexity index is 553. The summed E-state index contributed by atoms with van der Waals surface area (Å²) in [6, 6.07) is 10.1. The first kappa shape index (κ1) is 18.7. The van der Waals surface area contributed by atoms with Crippen LogP contribution in [0.25, 0.3) is 0 Å². The van der Waals surface area contributed by atoms with Gasteiger partial charge in [-0.05, 0) is 44.1 Å². The van der Waals surface area contributed by atoms with E-state index in [1.807, 2.05) is 48.6 Å². The standard InChI is InChI=1S/C12H18O.C10H12O/c13-12(9-5-2-6-10-12)11-7-3-1-4-8-11;1-9(11)7-8-10-5-3-2-4-6-10/h2,5-6,9,11,13H,1,3-4,7-8,10H2;2-6H,7-8H2,1H3. The molecule has 2 nitrogen and oxygen atoms in total. The zero-order chi connectivity index (χ0) is 17.3. The van der Waals surface area contributed by atoms with E-state index >= 15 is 0 Å². The zero-order valence-corrected chi connectivity index (χ0v) is 14.8. The maximum Gasteiger partial charge on any atom is 0.130 e. The second-order valence-corrected chi connectivity index (χ2v) is 7.01. The van der Waals surface area contributed by atoms with Gasteiger partial charge in [-0.1, -0.05) is 73.9 Å². The summed E-state index contributed by atoms with van der Waals surface area (Å²) in [6.07, 6.45) is 16.8. The van der Waals surface area contributed by atoms with Crippen molar-refractivity contribution < 1.29 is 9.90 Å². The van der Waals surface area contributed by atoms with Crippen LogP contribution in [-0.4, -0.2) is 16.5 Å². The number of hydrogen-bond acceptors (Lipinski definition) is 2. The van der Waals surface area contributed by atoms with Gasteiger partial charge in [0.25, 0.3) is 0 Å². The number of hydrogen-bond donors (Lipinski definition) is 1. The van der Waals surface area contributed by atoms with Gasteiger partial charge in [-0.25, -0.2) is 0 Å². The van der Waals surface area contributed by atoms with E-state index in [4.69, 9.17) is 0 Å². The van der Waals surface area contributed by atoms with E-state index in [1.54, 1.807) is 6.92 Å². The highest BCUT2D eigenvalue weighted by molar-refractivity contribution is 5.75. The highest BCUT2D eigenvalue weighted by Gasteiger charge is 2.34. The maximum absolute atomic E-state index is 10.6. The van der Waals surface area contributed by atoms with Crippen LogP contribution in [0.3, 0.4) is 0 Å². The van der Waals surface area contributed by atoms with Crippen LogP contribution in [0.5, 0.6) is 0 Å². The van der Waals surface area contributed by atoms with Crippen LogP contribution >= 0.6 is 0 Å². The Hall–Kier alpha value is -1.67. The quantitative estimate of drug-likeness (QED) is 0.843. The molecule has 2 aliphatic carbocycles. The van der Waals surface area contributed by atoms with Crippen LogP contribution in [0.15, 0.2) is 54.6 Å². The highest BCUT2D eigenvalue weighted by atomic mass is 16.3. The van der Waals surface area contributed by atoms with E-state index in [0.717, 1.165) is 12.8 Å². The molecule has 2 heteroatoms. The number of rotatable bonds is 4. The molecule has 2 aliphatic rings. The predicted molar refractivity (Wildman–Crippen MR) is 99.9 cm³/mol. The molecule has 1 fully saturated rings. The molecule has 0 heterocycles. The van der Waals surface area contributed by atoms with Crippen molar-refractivity contribution in [3.63, 3.8) is 0 Å². The number of Topliss-reactive ketones (excluding diaryl/α,β-unsaturated/α-hetero) is 1. The summed E-state index contributed by atoms with van der Waals surface area (Å²) in [5.74, 6) is 0.760. The molecule has 0 spiro atoms. The van der Waals surface area contributed by atoms with Gasteiger partial charge in [0, 0.05) is 6.42 Å². The average Bonchev–Trinajstić information content (AvgIpc) is 2.63. The third-order valence-electron chi connectivity index (χ3n) is 5.00. The van der Waals surface area contributed by atoms with Crippen LogP contribution < -0.4 is 0 Å². The molecule has 0 aliphatic heterocycles. The van der Waals surface area contributed by atoms with Crippen molar-refractivity contribution in [2.45, 2.75) is 63.9 Å². The minimum absolute atomic E-state index is 0.258. The number of aryl methyl sites for hydroxylation is 1. The van der Waals surface area contributed by atoms with Crippen molar-refractivity contribution in [1.29, 1.82) is 0 Å². The first-order valence-corrected chi connectivity index (χ1v) is 9.20. The minimum atomic E-state index is -0.519. The Morgan fingerprint density at radius 3 is 2.42 bits per heavy atom. The van der Waals surface area contributed by atoms with Gasteiger partial charge in [0.15, 0.2) is 0 Å². The van der Waals surface area contributed by atoms with Crippen molar-refractivity contribution in [3.8, 4) is 0 Å². The number of aliphatic hydroxyl groups is 1. The molecular weight excluding hydrogens is 296 g/mol. The lowest BCUT2D eigenvalue weighted by molar-refractivity contribution is -0.116. The molecule has 24 heavy (non-hydrogen) atoms. The molecule has 1 aromatic rings. The molecular formula is C22H30O2. The highest BCUT2D eigenvalue weighted by Crippen LogP contribution is 2.36. The lowest BCUT2D eigenvalue weighted by Crippen LogP contribution is -2.37. The third kappa shape index (κ3) is 6.09. The van der Waals surface area contributed by atoms with E-state index in [1.165, 1.54) is 37.7 Å². The van der Waals surface area contributed by atoms with Crippen LogP contribution in [-0.2, 0) is 11.2 Å². The third-order valence-corrected chi connectivity index (χ3v) is 5.00. The van der Waals surface area contributed by atoms with Crippen molar-refractivity contribution in [2.24, 2.45) is 5.92 Å². The normalized spacial score (nSPS) is 23.4. The lowest BCUT2D eigenvalue weighted by atomic mass is 9.74. The fourth-order valence-electron chi connectivity index (χ4n) is 3.50. The summed E-state index contributed by atoms with van der Waals surface area (Å²) < 4.78 is 0. The lowest BCUT2D eigenvalue weighted by Gasteiger charge is -2.36. The first-order chi connectivity index (χ1) is 11.6. The molecule has 0 aromatic heterocycles. The van der Waals surface area contributed by atoms with Gasteiger partial charge in [0.05, 0.1) is 5.60 Å². The van der Waals surface area contributed by atoms with E-state index in [0.29, 0.717) is 12.3 Å². The molecule has 0 radical (unpaired) electrons. The molecule has 3 rings (SSSR count). The molecule has 1 atom stereocenters. The largest absolute Gasteiger partial charge is 0.385 e. The summed E-state index contributed by atoms with van der Waals surface area (Å²) in [5.41, 5.74) is 0.720. The molecule has 1 unspecified atom stereocenters. The van der Waals surface area contributed by atoms with Gasteiger partial charge < -0.3 is 9.90 Å². The summed E-state index contributed by atoms with van der Waals surface area (Å²) in [6.45, 7) is 1.63. The molecule has 1 aromatic carbocycles. The molecule has 1 saturated carbocycles. The van der Waals surface area contributed by atoms with Crippen LogP contribution in [0.1, 0.15) is 57.4 Å². The number of ketones is 1. The Morgan fingerprint density at radius 2 is 1.83 bits per heavy atom. The van der Waals surface area contributed by atoms with Gasteiger partial charge in [-0.3, -0.25) is 0 Å². The van der Waals surface area contributed by atoms with E-state index < -0.39 is 5.60 Å². The SMILES string of the molecule is CC(=O)CCc1ccccc1.OC1(C2CCCCC2)C=CC=CC1. The van der Waals surface area contributed by atoms with Gasteiger partial charge in [0.2, 0.25) is 0 Å². The van der Waals surface area contributed by atoms with Crippen molar-refractivity contribution in [1.82, 2.24) is 0 Å². The van der Waals surface area contributed by atoms with Crippen molar-refractivity contribution >= 4 is 5.78 Å². The van der Waals surface area contributed by atoms with E-state index in [-0.39, 0.29) is 5.78 Å². The smallest absolute Gasteiger partial charge is 0.130 e. The Kier molecular flexibility index (Phi) is 7.45. The fraction of sp³-hybridized carbons (Fsp3) is 0.500. The number of benzene rings is 1. The number of carbonyl (C=O) groups excluding carboxylic acids is 1. The number of allylic oxidation sites excluding steroid dienone is 2. The molecule has 0 amide bonds. The van der Waals surface area contributed by atoms with Crippen LogP contribution in [0.4, 0.5) is 0 Å². The number of carbonyl (C=O) groups is 1. The summed E-state index contributed by atoms with van der Waals surface area (Å²) >= 11 is 0. The fourth-order valence-corrected chi connectivity index (χ4v) is 3.50. The molecule has 0 bridgehead atoms. The van der Waals surface area contributed by atoms with Gasteiger partial charge in [0.1, 0.15) is 5.78 Å². The summed E-state index contributed by atoms with van der Waals surface area (Å²) in [4.78, 5) is 10.6. The van der Waals surface area contributed by atoms with Crippen molar-refractivity contribution in [3.05, 3.63) is 60.2 Å². The van der Waals surface area contributed by atoms with Crippen molar-refractivity contribution in [2.75, 3.05) is 0 Å². The second kappa shape index (κ2) is 9.58. The monoisotopic (exact) mass is 326 g/mol. The minimum Gasteiger partial charge on any atom is -0.385 e. The van der Waals surface area contributed by atoms with E-state index in [9.17, 15) is 9.90 Å². The Balaban J connectivity index is 0.000000177. The average molecular weight is 326 g/mol. The molecule has 0 saturated heterocycles. The predicted octanol–water partition coefficient (Wildman–Crippen LogP) is 5.02.